The Bertz CT molecular complexity index is 2610. The van der Waals surface area contributed by atoms with E-state index in [1.807, 2.05) is 13.8 Å². The van der Waals surface area contributed by atoms with E-state index in [-0.39, 0.29) is 53.8 Å². The highest BCUT2D eigenvalue weighted by Gasteiger charge is 2.19. The number of nitrogens with two attached hydrogens (primary N) is 1. The number of hydrogen-bond acceptors (Lipinski definition) is 15. The number of halogens is 4. The first kappa shape index (κ1) is 50.2. The normalized spacial score (nSPS) is 14.0. The third-order valence-corrected chi connectivity index (χ3v) is 11.2. The molecule has 2 saturated heterocycles. The molecule has 0 atom stereocenters. The molecule has 0 unspecified atom stereocenters. The number of carboxylic acid groups (broad SMARTS) is 1. The third-order valence-electron chi connectivity index (χ3n) is 10.6. The molecule has 19 nitrogen and oxygen atoms in total. The van der Waals surface area contributed by atoms with Crippen LogP contribution in [0.25, 0.3) is 11.6 Å². The minimum absolute atomic E-state index is 0.00915. The van der Waals surface area contributed by atoms with Crippen LogP contribution >= 0.6 is 23.2 Å². The largest absolute Gasteiger partial charge is 0.476 e. The average molecular weight is 968 g/mol. The number of ether oxygens (including phenoxy) is 2. The van der Waals surface area contributed by atoms with Crippen molar-refractivity contribution in [3.63, 3.8) is 0 Å². The number of nitrogens with zero attached hydrogens (tertiary/aromatic N) is 8. The van der Waals surface area contributed by atoms with Gasteiger partial charge in [-0.25, -0.2) is 33.5 Å². The number of anilines is 2. The summed E-state index contributed by atoms with van der Waals surface area (Å²) < 4.78 is 40.4. The highest BCUT2D eigenvalue weighted by Crippen LogP contribution is 2.24. The molecule has 356 valence electrons. The summed E-state index contributed by atoms with van der Waals surface area (Å²) in [4.78, 5) is 49.3. The summed E-state index contributed by atoms with van der Waals surface area (Å²) in [5.41, 5.74) is 9.05. The van der Waals surface area contributed by atoms with Crippen LogP contribution in [-0.4, -0.2) is 105 Å². The van der Waals surface area contributed by atoms with Crippen molar-refractivity contribution in [2.45, 2.75) is 77.9 Å². The molecule has 2 aromatic carbocycles. The van der Waals surface area contributed by atoms with Crippen molar-refractivity contribution >= 4 is 47.0 Å². The van der Waals surface area contributed by atoms with E-state index in [2.05, 4.69) is 45.9 Å². The van der Waals surface area contributed by atoms with E-state index in [1.54, 1.807) is 27.7 Å². The van der Waals surface area contributed by atoms with Crippen LogP contribution in [0.2, 0.25) is 10.0 Å². The van der Waals surface area contributed by atoms with Crippen molar-refractivity contribution in [3.05, 3.63) is 128 Å². The summed E-state index contributed by atoms with van der Waals surface area (Å²) in [5, 5.41) is 36.7. The van der Waals surface area contributed by atoms with Gasteiger partial charge >= 0.3 is 5.97 Å². The van der Waals surface area contributed by atoms with Gasteiger partial charge in [-0.15, -0.1) is 0 Å². The van der Waals surface area contributed by atoms with Crippen LogP contribution in [0.15, 0.2) is 61.7 Å². The summed E-state index contributed by atoms with van der Waals surface area (Å²) in [6.45, 7) is 6.28. The number of carbonyl (C=O) groups excluding carboxylic acids is 1. The van der Waals surface area contributed by atoms with E-state index in [0.717, 1.165) is 56.1 Å². The number of aliphatic hydroxyl groups is 2. The number of benzene rings is 2. The number of carboxylic acids is 1. The van der Waals surface area contributed by atoms with E-state index in [1.165, 1.54) is 37.1 Å². The Hall–Kier alpha value is -6.20. The molecule has 0 aliphatic carbocycles. The monoisotopic (exact) mass is 966 g/mol. The number of carbonyl (C=O) groups is 2. The van der Waals surface area contributed by atoms with E-state index in [9.17, 15) is 23.5 Å². The summed E-state index contributed by atoms with van der Waals surface area (Å²) >= 11 is 11.5. The quantitative estimate of drug-likeness (QED) is 0.0757. The lowest BCUT2D eigenvalue weighted by Gasteiger charge is -2.23. The number of amides is 1. The van der Waals surface area contributed by atoms with E-state index < -0.39 is 23.5 Å². The van der Waals surface area contributed by atoms with Crippen molar-refractivity contribution in [3.8, 4) is 11.6 Å². The predicted octanol–water partition coefficient (Wildman–Crippen LogP) is 5.47. The minimum Gasteiger partial charge on any atom is -0.476 e. The average Bonchev–Trinajstić information content (AvgIpc) is 4.03. The molecule has 6 heterocycles. The topological polar surface area (TPSA) is 263 Å². The fraction of sp³-hybridized carbons (Fsp3) is 0.364. The van der Waals surface area contributed by atoms with Crippen molar-refractivity contribution in [2.75, 3.05) is 37.1 Å². The van der Waals surface area contributed by atoms with Gasteiger partial charge in [-0.1, -0.05) is 23.2 Å². The Morgan fingerprint density at radius 3 is 1.78 bits per heavy atom. The molecule has 2 fully saturated rings. The van der Waals surface area contributed by atoms with Crippen LogP contribution in [-0.2, 0) is 35.8 Å². The Balaban J connectivity index is 0.000000186. The SMILES string of the molecule is Cc1cnc(NC2CCOCC2)nc1-n1cnc(C(=O)NCc2cc(F)cc(Cl)c2CO)c1.Cc1cnc(NC2CCOCC2)nc1-n1cnc(C(=O)O)c1.NCc1cc(F)c(Cl)cc1CO. The highest BCUT2D eigenvalue weighted by molar-refractivity contribution is 6.31. The van der Waals surface area contributed by atoms with Crippen molar-refractivity contribution < 1.29 is 43.2 Å². The zero-order chi connectivity index (χ0) is 48.0. The Labute approximate surface area is 393 Å². The van der Waals surface area contributed by atoms with Gasteiger partial charge < -0.3 is 46.5 Å². The Morgan fingerprint density at radius 2 is 1.28 bits per heavy atom. The smallest absolute Gasteiger partial charge is 0.356 e. The molecule has 67 heavy (non-hydrogen) atoms. The van der Waals surface area contributed by atoms with E-state index >= 15 is 0 Å². The second kappa shape index (κ2) is 24.0. The van der Waals surface area contributed by atoms with Crippen molar-refractivity contribution in [1.29, 1.82) is 0 Å². The maximum Gasteiger partial charge on any atom is 0.356 e. The number of rotatable bonds is 13. The molecule has 0 saturated carbocycles. The van der Waals surface area contributed by atoms with Crippen LogP contribution in [0.4, 0.5) is 20.7 Å². The molecule has 2 aliphatic rings. The van der Waals surface area contributed by atoms with Crippen LogP contribution in [0.3, 0.4) is 0 Å². The van der Waals surface area contributed by atoms with Gasteiger partial charge in [0.25, 0.3) is 5.91 Å². The van der Waals surface area contributed by atoms with Crippen molar-refractivity contribution in [1.82, 2.24) is 44.4 Å². The number of hydrogen-bond donors (Lipinski definition) is 7. The maximum atomic E-state index is 13.7. The molecule has 6 aromatic rings. The van der Waals surface area contributed by atoms with Gasteiger partial charge in [0.05, 0.1) is 18.2 Å². The number of imidazole rings is 2. The van der Waals surface area contributed by atoms with E-state index in [0.29, 0.717) is 65.0 Å². The lowest BCUT2D eigenvalue weighted by atomic mass is 10.1. The Kier molecular flexibility index (Phi) is 18.0. The third kappa shape index (κ3) is 13.7. The van der Waals surface area contributed by atoms with Crippen LogP contribution in [0, 0.1) is 25.5 Å². The van der Waals surface area contributed by atoms with Gasteiger partial charge in [0.1, 0.15) is 41.6 Å². The molecule has 0 spiro atoms. The fourth-order valence-corrected chi connectivity index (χ4v) is 7.38. The maximum absolute atomic E-state index is 13.7. The lowest BCUT2D eigenvalue weighted by Crippen LogP contribution is -2.28. The summed E-state index contributed by atoms with van der Waals surface area (Å²) in [6.07, 6.45) is 13.0. The number of aromatic carboxylic acids is 1. The molecule has 8 rings (SSSR count). The fourth-order valence-electron chi connectivity index (χ4n) is 6.91. The molecule has 0 radical (unpaired) electrons. The van der Waals surface area contributed by atoms with Gasteiger partial charge in [0, 0.05) is 98.1 Å². The van der Waals surface area contributed by atoms with Gasteiger partial charge in [0.15, 0.2) is 5.69 Å². The minimum atomic E-state index is -1.06. The zero-order valence-corrected chi connectivity index (χ0v) is 38.1. The van der Waals surface area contributed by atoms with E-state index in [4.69, 9.17) is 48.6 Å². The first-order valence-electron chi connectivity index (χ1n) is 21.1. The Morgan fingerprint density at radius 1 is 0.746 bits per heavy atom. The zero-order valence-electron chi connectivity index (χ0n) is 36.6. The van der Waals surface area contributed by atoms with Crippen LogP contribution < -0.4 is 21.7 Å². The van der Waals surface area contributed by atoms with Gasteiger partial charge in [-0.05, 0) is 80.5 Å². The number of nitrogens with one attached hydrogen (secondary N) is 3. The number of aryl methyl sites for hydroxylation is 2. The number of aliphatic hydroxyl groups excluding tert-OH is 2. The van der Waals surface area contributed by atoms with Crippen molar-refractivity contribution in [2.24, 2.45) is 5.73 Å². The molecule has 1 amide bonds. The molecule has 23 heteroatoms. The summed E-state index contributed by atoms with van der Waals surface area (Å²) in [5.74, 6) is -0.323. The highest BCUT2D eigenvalue weighted by atomic mass is 35.5. The molecule has 4 aromatic heterocycles. The second-order valence-electron chi connectivity index (χ2n) is 15.4. The van der Waals surface area contributed by atoms with Gasteiger partial charge in [0.2, 0.25) is 11.9 Å². The molecule has 0 bridgehead atoms. The molecular formula is C44H50Cl2F2N12O7. The first-order chi connectivity index (χ1) is 32.3. The van der Waals surface area contributed by atoms with Gasteiger partial charge in [-0.2, -0.15) is 9.97 Å². The standard InChI is InChI=1S/C22H24ClFN6O3.C14H17N5O3.C8H9ClFNO/c1-13-8-26-22(28-16-2-4-33-5-3-16)29-20(13)30-10-19(27-12-30)21(32)25-9-14-6-15(24)7-18(23)17(14)11-31;1-9-6-15-14(17-10-2-4-22-5-3-10)18-12(9)19-7-11(13(20)21)16-8-19;9-7-1-6(4-12)5(3-11)2-8(7)10/h6-8,10,12,16,31H,2-5,9,11H2,1H3,(H,25,32)(H,26,28,29);6-8,10H,2-5H2,1H3,(H,20,21)(H,15,17,18);1-2,12H,3-4,11H2. The summed E-state index contributed by atoms with van der Waals surface area (Å²) in [6, 6.07) is 5.52. The first-order valence-corrected chi connectivity index (χ1v) is 21.8. The molecule has 2 aliphatic heterocycles. The predicted molar refractivity (Wildman–Crippen MR) is 243 cm³/mol. The van der Waals surface area contributed by atoms with Crippen LogP contribution in [0.1, 0.15) is 80.0 Å². The van der Waals surface area contributed by atoms with Gasteiger partial charge in [-0.3, -0.25) is 13.9 Å². The molecular weight excluding hydrogens is 917 g/mol. The van der Waals surface area contributed by atoms with Crippen LogP contribution in [0.5, 0.6) is 0 Å². The molecule has 8 N–H and O–H groups in total. The lowest BCUT2D eigenvalue weighted by molar-refractivity contribution is 0.0690. The summed E-state index contributed by atoms with van der Waals surface area (Å²) in [7, 11) is 0. The second-order valence-corrected chi connectivity index (χ2v) is 16.2. The number of aromatic nitrogens is 8.